The van der Waals surface area contributed by atoms with Gasteiger partial charge in [0, 0.05) is 43.7 Å². The van der Waals surface area contributed by atoms with E-state index in [1.807, 2.05) is 67.8 Å². The number of quaternary nitrogens is 1. The predicted octanol–water partition coefficient (Wildman–Crippen LogP) is 3.03. The Morgan fingerprint density at radius 1 is 1.12 bits per heavy atom. The molecule has 0 spiro atoms. The number of ether oxygens (including phenoxy) is 1. The van der Waals surface area contributed by atoms with Crippen LogP contribution in [-0.2, 0) is 14.3 Å². The van der Waals surface area contributed by atoms with Crippen LogP contribution in [0.4, 0.5) is 5.82 Å². The van der Waals surface area contributed by atoms with Crippen LogP contribution in [0, 0.1) is 6.92 Å². The molecule has 6 heterocycles. The first-order valence-corrected chi connectivity index (χ1v) is 14.9. The average Bonchev–Trinajstić information content (AvgIpc) is 3.71. The molecule has 1 amide bonds. The number of carbonyl (C=O) groups excluding carboxylic acids is 2. The number of aryl methyl sites for hydroxylation is 1. The maximum Gasteiger partial charge on any atom is 0.345 e. The van der Waals surface area contributed by atoms with Gasteiger partial charge in [-0.3, -0.25) is 9.78 Å². The first kappa shape index (κ1) is 26.8. The first-order valence-electron chi connectivity index (χ1n) is 13.8. The van der Waals surface area contributed by atoms with Gasteiger partial charge in [-0.2, -0.15) is 9.69 Å². The summed E-state index contributed by atoms with van der Waals surface area (Å²) in [5, 5.41) is 7.09. The summed E-state index contributed by atoms with van der Waals surface area (Å²) in [5.41, 5.74) is 3.03. The summed E-state index contributed by atoms with van der Waals surface area (Å²) in [6, 6.07) is 6.04. The Bertz CT molecular complexity index is 1410. The second kappa shape index (κ2) is 10.2. The van der Waals surface area contributed by atoms with E-state index in [9.17, 15) is 9.59 Å². The van der Waals surface area contributed by atoms with E-state index in [-0.39, 0.29) is 5.91 Å². The van der Waals surface area contributed by atoms with Gasteiger partial charge in [-0.15, -0.1) is 16.8 Å². The molecule has 0 aliphatic carbocycles. The van der Waals surface area contributed by atoms with Crippen LogP contribution in [0.3, 0.4) is 0 Å². The molecule has 0 unspecified atom stereocenters. The number of esters is 1. The molecular weight excluding hydrogens is 526 g/mol. The van der Waals surface area contributed by atoms with Crippen LogP contribution in [0.2, 0.25) is 0 Å². The molecule has 40 heavy (non-hydrogen) atoms. The lowest BCUT2D eigenvalue weighted by molar-refractivity contribution is -0.948. The second-order valence-electron chi connectivity index (χ2n) is 11.5. The van der Waals surface area contributed by atoms with Gasteiger partial charge in [0.05, 0.1) is 42.1 Å². The molecule has 0 bridgehead atoms. The van der Waals surface area contributed by atoms with E-state index in [1.54, 1.807) is 18.0 Å². The van der Waals surface area contributed by atoms with Gasteiger partial charge in [-0.05, 0) is 45.9 Å². The van der Waals surface area contributed by atoms with Crippen molar-refractivity contribution in [1.29, 1.82) is 0 Å². The summed E-state index contributed by atoms with van der Waals surface area (Å²) in [7, 11) is 0. The number of anilines is 1. The number of amides is 1. The number of rotatable bonds is 5. The normalized spacial score (nSPS) is 23.1. The van der Waals surface area contributed by atoms with E-state index in [0.717, 1.165) is 54.8 Å². The Balaban J connectivity index is 1.26. The lowest BCUT2D eigenvalue weighted by atomic mass is 10.1. The van der Waals surface area contributed by atoms with Crippen molar-refractivity contribution in [3.8, 4) is 5.69 Å². The lowest BCUT2D eigenvalue weighted by Gasteiger charge is -2.44. The number of piperazine rings is 1. The van der Waals surface area contributed by atoms with Gasteiger partial charge in [0.15, 0.2) is 5.70 Å². The third-order valence-corrected chi connectivity index (χ3v) is 8.62. The molecule has 4 aliphatic rings. The zero-order valence-electron chi connectivity index (χ0n) is 23.5. The van der Waals surface area contributed by atoms with Crippen molar-refractivity contribution >= 4 is 29.5 Å². The van der Waals surface area contributed by atoms with Gasteiger partial charge in [0.25, 0.3) is 5.91 Å². The smallest absolute Gasteiger partial charge is 0.345 e. The van der Waals surface area contributed by atoms with Crippen LogP contribution in [0.5, 0.6) is 0 Å². The predicted molar refractivity (Wildman–Crippen MR) is 154 cm³/mol. The summed E-state index contributed by atoms with van der Waals surface area (Å²) in [5.74, 6) is 2.13. The fraction of sp³-hybridized carbons (Fsp3) is 0.448. The fourth-order valence-corrected chi connectivity index (χ4v) is 6.83. The largest absolute Gasteiger partial charge is 0.456 e. The van der Waals surface area contributed by atoms with Gasteiger partial charge in [0.1, 0.15) is 29.7 Å². The Kier molecular flexibility index (Phi) is 6.84. The number of allylic oxidation sites excluding steroid dienone is 2. The molecule has 11 heteroatoms. The highest BCUT2D eigenvalue weighted by Gasteiger charge is 2.54. The van der Waals surface area contributed by atoms with E-state index in [0.29, 0.717) is 34.7 Å². The topological polar surface area (TPSA) is 83.8 Å². The van der Waals surface area contributed by atoms with Crippen LogP contribution in [0.15, 0.2) is 65.8 Å². The first-order chi connectivity index (χ1) is 19.2. The second-order valence-corrected chi connectivity index (χ2v) is 12.6. The minimum atomic E-state index is -0.659. The van der Waals surface area contributed by atoms with Crippen molar-refractivity contribution in [2.75, 3.05) is 55.8 Å². The highest BCUT2D eigenvalue weighted by Crippen LogP contribution is 2.44. The van der Waals surface area contributed by atoms with Crippen LogP contribution < -0.4 is 4.90 Å². The Morgan fingerprint density at radius 3 is 2.60 bits per heavy atom. The Morgan fingerprint density at radius 2 is 1.93 bits per heavy atom. The van der Waals surface area contributed by atoms with Crippen LogP contribution in [-0.4, -0.2) is 97.6 Å². The number of carbonyl (C=O) groups is 2. The molecule has 2 aromatic rings. The number of fused-ring (bicyclic) bond motifs is 1. The molecule has 0 N–H and O–H groups in total. The SMILES string of the molecule is Cc1cc(N2CCN([N@@+]34C=CC=C3C(C(=O)OC(C)(C)C)=C(C(=O)N3CCSC3)C4)CC2)n(-c2cccnc2)n1. The van der Waals surface area contributed by atoms with Crippen molar-refractivity contribution in [2.24, 2.45) is 0 Å². The van der Waals surface area contributed by atoms with Crippen LogP contribution in [0.1, 0.15) is 26.5 Å². The average molecular weight is 563 g/mol. The third-order valence-electron chi connectivity index (χ3n) is 7.65. The number of hydrogen-bond donors (Lipinski definition) is 0. The van der Waals surface area contributed by atoms with E-state index in [4.69, 9.17) is 9.84 Å². The van der Waals surface area contributed by atoms with Crippen LogP contribution >= 0.6 is 11.8 Å². The molecule has 1 atom stereocenters. The number of aromatic nitrogens is 3. The summed E-state index contributed by atoms with van der Waals surface area (Å²) >= 11 is 1.74. The summed E-state index contributed by atoms with van der Waals surface area (Å²) in [4.78, 5) is 35.8. The summed E-state index contributed by atoms with van der Waals surface area (Å²) < 4.78 is 8.15. The maximum absolute atomic E-state index is 13.7. The van der Waals surface area contributed by atoms with E-state index in [2.05, 4.69) is 27.2 Å². The number of hydrogen-bond acceptors (Lipinski definition) is 8. The van der Waals surface area contributed by atoms with Crippen molar-refractivity contribution in [3.05, 3.63) is 71.5 Å². The molecule has 0 radical (unpaired) electrons. The molecule has 0 saturated carbocycles. The molecule has 2 saturated heterocycles. The van der Waals surface area contributed by atoms with Gasteiger partial charge >= 0.3 is 5.97 Å². The van der Waals surface area contributed by atoms with Gasteiger partial charge < -0.3 is 14.5 Å². The number of nitrogens with zero attached hydrogens (tertiary/aromatic N) is 7. The summed E-state index contributed by atoms with van der Waals surface area (Å²) in [6.45, 7) is 11.8. The quantitative estimate of drug-likeness (QED) is 0.406. The Hall–Kier alpha value is -3.41. The lowest BCUT2D eigenvalue weighted by Crippen LogP contribution is -2.61. The van der Waals surface area contributed by atoms with Gasteiger partial charge in [0.2, 0.25) is 0 Å². The molecule has 2 aromatic heterocycles. The van der Waals surface area contributed by atoms with E-state index < -0.39 is 11.6 Å². The van der Waals surface area contributed by atoms with Crippen molar-refractivity contribution in [1.82, 2.24) is 24.7 Å². The van der Waals surface area contributed by atoms with Crippen LogP contribution in [0.25, 0.3) is 5.69 Å². The standard InChI is InChI=1S/C29H36N7O3S/c1-21-17-25(35(31-21)22-7-5-9-30-18-22)32-10-12-34(13-11-32)36-15-6-8-24(36)26(28(38)39-29(2,3)4)23(19-36)27(37)33-14-16-40-20-33/h5-9,15,17-18H,10-14,16,19-20H2,1-4H3/q+1/t36-/m1/s1. The van der Waals surface area contributed by atoms with Gasteiger partial charge in [-0.1, -0.05) is 0 Å². The number of pyridine rings is 1. The maximum atomic E-state index is 13.7. The minimum Gasteiger partial charge on any atom is -0.456 e. The molecule has 4 aliphatic heterocycles. The number of thioether (sulfide) groups is 1. The molecule has 2 fully saturated rings. The third kappa shape index (κ3) is 4.76. The van der Waals surface area contributed by atoms with Gasteiger partial charge in [-0.25, -0.2) is 9.48 Å². The van der Waals surface area contributed by atoms with Crippen molar-refractivity contribution < 1.29 is 18.9 Å². The van der Waals surface area contributed by atoms with Crippen molar-refractivity contribution in [3.63, 3.8) is 0 Å². The van der Waals surface area contributed by atoms with E-state index >= 15 is 0 Å². The molecular formula is C29H36N7O3S+. The molecule has 10 nitrogen and oxygen atoms in total. The zero-order chi connectivity index (χ0) is 28.1. The minimum absolute atomic E-state index is 0.0541. The zero-order valence-corrected chi connectivity index (χ0v) is 24.4. The molecule has 6 rings (SSSR count). The molecule has 0 aromatic carbocycles. The highest BCUT2D eigenvalue weighted by molar-refractivity contribution is 7.99. The van der Waals surface area contributed by atoms with E-state index in [1.165, 1.54) is 0 Å². The molecule has 210 valence electrons. The summed E-state index contributed by atoms with van der Waals surface area (Å²) in [6.07, 6.45) is 9.67. The Labute approximate surface area is 239 Å². The van der Waals surface area contributed by atoms with Crippen molar-refractivity contribution in [2.45, 2.75) is 33.3 Å². The highest BCUT2D eigenvalue weighted by atomic mass is 32.2. The monoisotopic (exact) mass is 562 g/mol. The fourth-order valence-electron chi connectivity index (χ4n) is 5.88.